The van der Waals surface area contributed by atoms with Crippen molar-refractivity contribution in [2.75, 3.05) is 26.2 Å². The van der Waals surface area contributed by atoms with E-state index in [9.17, 15) is 9.59 Å². The Morgan fingerprint density at radius 3 is 2.34 bits per heavy atom. The molecule has 4 rings (SSSR count). The van der Waals surface area contributed by atoms with E-state index in [1.165, 1.54) is 0 Å². The molecule has 0 atom stereocenters. The number of imidazole rings is 1. The standard InChI is InChI=1S/C22H29N5O2/c1-17(28)25-11-7-19(8-12-25)22(29)26-13-5-18(6-14-26)21-24-10-15-27(21)16-20-4-2-3-9-23-20/h2-4,9-10,15,18-19H,5-8,11-14,16H2,1H3. The summed E-state index contributed by atoms with van der Waals surface area (Å²) in [6.07, 6.45) is 9.15. The van der Waals surface area contributed by atoms with Crippen molar-refractivity contribution in [2.24, 2.45) is 5.92 Å². The lowest BCUT2D eigenvalue weighted by Gasteiger charge is -2.37. The van der Waals surface area contributed by atoms with Gasteiger partial charge in [0.05, 0.1) is 12.2 Å². The summed E-state index contributed by atoms with van der Waals surface area (Å²) in [6.45, 7) is 5.30. The molecular formula is C22H29N5O2. The van der Waals surface area contributed by atoms with Gasteiger partial charge in [-0.3, -0.25) is 14.6 Å². The molecule has 2 aromatic heterocycles. The topological polar surface area (TPSA) is 71.3 Å². The Morgan fingerprint density at radius 1 is 0.966 bits per heavy atom. The molecular weight excluding hydrogens is 366 g/mol. The van der Waals surface area contributed by atoms with E-state index in [0.717, 1.165) is 56.8 Å². The number of carbonyl (C=O) groups is 2. The van der Waals surface area contributed by atoms with E-state index < -0.39 is 0 Å². The van der Waals surface area contributed by atoms with Gasteiger partial charge in [-0.1, -0.05) is 6.07 Å². The van der Waals surface area contributed by atoms with Gasteiger partial charge in [-0.2, -0.15) is 0 Å². The van der Waals surface area contributed by atoms with E-state index >= 15 is 0 Å². The summed E-state index contributed by atoms with van der Waals surface area (Å²) < 4.78 is 2.18. The van der Waals surface area contributed by atoms with Crippen LogP contribution in [0.1, 0.15) is 50.0 Å². The lowest BCUT2D eigenvalue weighted by Crippen LogP contribution is -2.46. The fraction of sp³-hybridized carbons (Fsp3) is 0.545. The highest BCUT2D eigenvalue weighted by Crippen LogP contribution is 2.29. The Morgan fingerprint density at radius 2 is 1.69 bits per heavy atom. The maximum absolute atomic E-state index is 12.9. The Hall–Kier alpha value is -2.70. The zero-order valence-electron chi connectivity index (χ0n) is 17.0. The summed E-state index contributed by atoms with van der Waals surface area (Å²) in [5.74, 6) is 1.91. The molecule has 0 N–H and O–H groups in total. The third kappa shape index (κ3) is 4.49. The van der Waals surface area contributed by atoms with Crippen molar-refractivity contribution in [3.8, 4) is 0 Å². The van der Waals surface area contributed by atoms with Crippen LogP contribution in [0.5, 0.6) is 0 Å². The first-order valence-corrected chi connectivity index (χ1v) is 10.6. The lowest BCUT2D eigenvalue weighted by atomic mass is 9.91. The number of rotatable bonds is 4. The van der Waals surface area contributed by atoms with Crippen LogP contribution in [0, 0.1) is 5.92 Å². The van der Waals surface area contributed by atoms with Gasteiger partial charge in [-0.25, -0.2) is 4.98 Å². The van der Waals surface area contributed by atoms with Crippen molar-refractivity contribution < 1.29 is 9.59 Å². The fourth-order valence-electron chi connectivity index (χ4n) is 4.54. The summed E-state index contributed by atoms with van der Waals surface area (Å²) >= 11 is 0. The van der Waals surface area contributed by atoms with E-state index in [4.69, 9.17) is 0 Å². The van der Waals surface area contributed by atoms with Gasteiger partial charge >= 0.3 is 0 Å². The highest BCUT2D eigenvalue weighted by Gasteiger charge is 2.32. The highest BCUT2D eigenvalue weighted by atomic mass is 16.2. The van der Waals surface area contributed by atoms with E-state index in [0.29, 0.717) is 19.0 Å². The third-order valence-electron chi connectivity index (χ3n) is 6.27. The Labute approximate surface area is 171 Å². The van der Waals surface area contributed by atoms with Crippen molar-refractivity contribution in [3.63, 3.8) is 0 Å². The van der Waals surface area contributed by atoms with Gasteiger partial charge in [-0.15, -0.1) is 0 Å². The molecule has 29 heavy (non-hydrogen) atoms. The van der Waals surface area contributed by atoms with Crippen molar-refractivity contribution >= 4 is 11.8 Å². The van der Waals surface area contributed by atoms with Crippen LogP contribution in [-0.2, 0) is 16.1 Å². The quantitative estimate of drug-likeness (QED) is 0.796. The van der Waals surface area contributed by atoms with E-state index in [2.05, 4.69) is 14.5 Å². The number of piperidine rings is 2. The SMILES string of the molecule is CC(=O)N1CCC(C(=O)N2CCC(c3nccn3Cc3ccccn3)CC2)CC1. The van der Waals surface area contributed by atoms with Gasteiger partial charge < -0.3 is 14.4 Å². The lowest BCUT2D eigenvalue weighted by molar-refractivity contribution is -0.140. The highest BCUT2D eigenvalue weighted by molar-refractivity contribution is 5.79. The molecule has 7 heteroatoms. The molecule has 0 spiro atoms. The minimum atomic E-state index is 0.0632. The van der Waals surface area contributed by atoms with Gasteiger partial charge in [0, 0.05) is 63.5 Å². The molecule has 2 saturated heterocycles. The molecule has 7 nitrogen and oxygen atoms in total. The van der Waals surface area contributed by atoms with Crippen LogP contribution in [-0.4, -0.2) is 62.3 Å². The summed E-state index contributed by atoms with van der Waals surface area (Å²) in [5.41, 5.74) is 1.02. The van der Waals surface area contributed by atoms with Crippen LogP contribution in [0.2, 0.25) is 0 Å². The number of pyridine rings is 1. The summed E-state index contributed by atoms with van der Waals surface area (Å²) in [5, 5.41) is 0. The van der Waals surface area contributed by atoms with E-state index in [-0.39, 0.29) is 17.7 Å². The maximum Gasteiger partial charge on any atom is 0.225 e. The second-order valence-electron chi connectivity index (χ2n) is 8.11. The van der Waals surface area contributed by atoms with Crippen LogP contribution in [0.15, 0.2) is 36.8 Å². The second kappa shape index (κ2) is 8.76. The van der Waals surface area contributed by atoms with E-state index in [1.54, 1.807) is 6.92 Å². The summed E-state index contributed by atoms with van der Waals surface area (Å²) in [6, 6.07) is 5.96. The second-order valence-corrected chi connectivity index (χ2v) is 8.11. The largest absolute Gasteiger partial charge is 0.343 e. The van der Waals surface area contributed by atoms with Crippen LogP contribution in [0.25, 0.3) is 0 Å². The smallest absolute Gasteiger partial charge is 0.225 e. The molecule has 0 saturated carbocycles. The molecule has 0 aromatic carbocycles. The number of hydrogen-bond acceptors (Lipinski definition) is 4. The molecule has 2 fully saturated rings. The van der Waals surface area contributed by atoms with Gasteiger partial charge in [0.2, 0.25) is 11.8 Å². The molecule has 0 radical (unpaired) electrons. The maximum atomic E-state index is 12.9. The van der Waals surface area contributed by atoms with Crippen molar-refractivity contribution in [1.82, 2.24) is 24.3 Å². The first kappa shape index (κ1) is 19.6. The number of likely N-dealkylation sites (tertiary alicyclic amines) is 2. The van der Waals surface area contributed by atoms with Crippen molar-refractivity contribution in [3.05, 3.63) is 48.3 Å². The molecule has 2 aliphatic rings. The monoisotopic (exact) mass is 395 g/mol. The summed E-state index contributed by atoms with van der Waals surface area (Å²) in [4.78, 5) is 37.3. The van der Waals surface area contributed by atoms with Gasteiger partial charge in [0.1, 0.15) is 5.82 Å². The van der Waals surface area contributed by atoms with Crippen molar-refractivity contribution in [2.45, 2.75) is 45.1 Å². The van der Waals surface area contributed by atoms with Gasteiger partial charge in [0.25, 0.3) is 0 Å². The first-order chi connectivity index (χ1) is 14.1. The molecule has 0 aliphatic carbocycles. The number of amides is 2. The van der Waals surface area contributed by atoms with Gasteiger partial charge in [-0.05, 0) is 37.8 Å². The zero-order chi connectivity index (χ0) is 20.2. The Kier molecular flexibility index (Phi) is 5.92. The molecule has 2 aromatic rings. The average Bonchev–Trinajstić information content (AvgIpc) is 3.22. The molecule has 0 bridgehead atoms. The average molecular weight is 396 g/mol. The van der Waals surface area contributed by atoms with Gasteiger partial charge in [0.15, 0.2) is 0 Å². The molecule has 2 amide bonds. The van der Waals surface area contributed by atoms with Crippen molar-refractivity contribution in [1.29, 1.82) is 0 Å². The van der Waals surface area contributed by atoms with Crippen LogP contribution in [0.3, 0.4) is 0 Å². The van der Waals surface area contributed by atoms with Crippen LogP contribution in [0.4, 0.5) is 0 Å². The third-order valence-corrected chi connectivity index (χ3v) is 6.27. The minimum absolute atomic E-state index is 0.0632. The van der Waals surface area contributed by atoms with Crippen LogP contribution >= 0.6 is 0 Å². The number of carbonyl (C=O) groups excluding carboxylic acids is 2. The molecule has 154 valence electrons. The zero-order valence-corrected chi connectivity index (χ0v) is 17.0. The first-order valence-electron chi connectivity index (χ1n) is 10.6. The fourth-order valence-corrected chi connectivity index (χ4v) is 4.54. The molecule has 4 heterocycles. The number of hydrogen-bond donors (Lipinski definition) is 0. The predicted molar refractivity (Wildman–Crippen MR) is 109 cm³/mol. The van der Waals surface area contributed by atoms with Crippen LogP contribution < -0.4 is 0 Å². The molecule has 0 unspecified atom stereocenters. The van der Waals surface area contributed by atoms with E-state index in [1.807, 2.05) is 46.6 Å². The Bertz CT molecular complexity index is 834. The minimum Gasteiger partial charge on any atom is -0.343 e. The number of nitrogens with zero attached hydrogens (tertiary/aromatic N) is 5. The Balaban J connectivity index is 1.32. The molecule has 2 aliphatic heterocycles. The predicted octanol–water partition coefficient (Wildman–Crippen LogP) is 2.29. The normalized spacial score (nSPS) is 18.8. The summed E-state index contributed by atoms with van der Waals surface area (Å²) in [7, 11) is 0. The number of aromatic nitrogens is 3.